The number of halogens is 6. The van der Waals surface area contributed by atoms with Crippen LogP contribution < -0.4 is 0 Å². The normalized spacial score (nSPS) is 24.0. The van der Waals surface area contributed by atoms with Gasteiger partial charge in [-0.1, -0.05) is 26.7 Å². The van der Waals surface area contributed by atoms with Crippen LogP contribution in [0.1, 0.15) is 52.4 Å². The average molecular weight is 464 g/mol. The van der Waals surface area contributed by atoms with Gasteiger partial charge in [0.05, 0.1) is 26.2 Å². The molecule has 0 aromatic rings. The molecule has 0 aliphatic carbocycles. The van der Waals surface area contributed by atoms with E-state index >= 15 is 0 Å². The van der Waals surface area contributed by atoms with Crippen LogP contribution in [0.25, 0.3) is 4.13 Å². The summed E-state index contributed by atoms with van der Waals surface area (Å²) in [5.74, 6) is 0. The second-order valence-corrected chi connectivity index (χ2v) is 10.2. The number of likely N-dealkylation sites (tertiary alicyclic amines) is 1. The summed E-state index contributed by atoms with van der Waals surface area (Å²) >= 11 is 0. The number of alkyl halides is 6. The lowest BCUT2D eigenvalue weighted by molar-refractivity contribution is -0.921. The summed E-state index contributed by atoms with van der Waals surface area (Å²) in [6.45, 7) is 7.48. The summed E-state index contributed by atoms with van der Waals surface area (Å²) in [6, 6.07) is 0.983. The van der Waals surface area contributed by atoms with Gasteiger partial charge in [0.1, 0.15) is 0 Å². The molecule has 0 bridgehead atoms. The van der Waals surface area contributed by atoms with Gasteiger partial charge in [0, 0.05) is 12.8 Å². The number of quaternary nitrogens is 1. The molecule has 0 aromatic heterocycles. The van der Waals surface area contributed by atoms with E-state index in [1.807, 2.05) is 0 Å². The fourth-order valence-corrected chi connectivity index (χ4v) is 4.71. The minimum Gasteiger partial charge on any atom is -0.421 e. The highest BCUT2D eigenvalue weighted by atomic mass is 32.3. The Kier molecular flexibility index (Phi) is 9.72. The van der Waals surface area contributed by atoms with Crippen LogP contribution in [0.3, 0.4) is 0 Å². The van der Waals surface area contributed by atoms with Gasteiger partial charge in [0.2, 0.25) is 0 Å². The van der Waals surface area contributed by atoms with Gasteiger partial charge in [-0.2, -0.15) is 26.3 Å². The molecule has 28 heavy (non-hydrogen) atoms. The Balaban J connectivity index is 0.000000525. The monoisotopic (exact) mass is 464 g/mol. The van der Waals surface area contributed by atoms with Crippen molar-refractivity contribution in [2.75, 3.05) is 20.1 Å². The first-order valence-corrected chi connectivity index (χ1v) is 11.5. The maximum absolute atomic E-state index is 11.4. The number of nitrogens with zero attached hydrogens (tertiary/aromatic N) is 2. The fraction of sp³-hybridized carbons (Fsp3) is 1.00. The lowest BCUT2D eigenvalue weighted by Gasteiger charge is -2.36. The summed E-state index contributed by atoms with van der Waals surface area (Å²) < 4.78 is 111. The third-order valence-corrected chi connectivity index (χ3v) is 7.25. The van der Waals surface area contributed by atoms with Crippen LogP contribution in [0.2, 0.25) is 0 Å². The Hall–Kier alpha value is -0.600. The van der Waals surface area contributed by atoms with Crippen LogP contribution in [0.4, 0.5) is 26.3 Å². The van der Waals surface area contributed by atoms with Crippen LogP contribution in [0, 0.1) is 0 Å². The summed E-state index contributed by atoms with van der Waals surface area (Å²) in [5, 5.41) is 0. The van der Waals surface area contributed by atoms with E-state index in [0.29, 0.717) is 0 Å². The smallest absolute Gasteiger partial charge is 0.421 e. The number of unbranched alkanes of at least 4 members (excludes halogenated alkanes) is 1. The molecule has 1 rings (SSSR count). The van der Waals surface area contributed by atoms with Crippen LogP contribution in [0.5, 0.6) is 0 Å². The predicted molar refractivity (Wildman–Crippen MR) is 92.1 cm³/mol. The topological polar surface area (TPSA) is 82.4 Å². The minimum atomic E-state index is -6.72. The van der Waals surface area contributed by atoms with E-state index < -0.39 is 31.1 Å². The zero-order chi connectivity index (χ0) is 22.4. The molecular formula is C14H26F6N2O4S2. The van der Waals surface area contributed by atoms with E-state index in [2.05, 4.69) is 20.9 Å². The number of hydrogen-bond donors (Lipinski definition) is 0. The molecule has 0 radical (unpaired) electrons. The molecule has 6 nitrogen and oxygen atoms in total. The molecule has 2 unspecified atom stereocenters. The van der Waals surface area contributed by atoms with Crippen LogP contribution in [-0.2, 0) is 20.0 Å². The summed E-state index contributed by atoms with van der Waals surface area (Å²) in [7, 11) is -11.0. The van der Waals surface area contributed by atoms with Gasteiger partial charge in [0.25, 0.3) is 0 Å². The first-order valence-electron chi connectivity index (χ1n) is 8.64. The molecule has 1 saturated heterocycles. The highest BCUT2D eigenvalue weighted by Gasteiger charge is 2.47. The summed E-state index contributed by atoms with van der Waals surface area (Å²) in [5.41, 5.74) is -12.4. The van der Waals surface area contributed by atoms with Gasteiger partial charge in [-0.25, -0.2) is 16.8 Å². The van der Waals surface area contributed by atoms with Crippen molar-refractivity contribution in [2.45, 2.75) is 69.4 Å². The van der Waals surface area contributed by atoms with Crippen molar-refractivity contribution in [3.05, 3.63) is 4.13 Å². The molecule has 0 spiro atoms. The lowest BCUT2D eigenvalue weighted by Crippen LogP contribution is -2.48. The molecule has 0 N–H and O–H groups in total. The van der Waals surface area contributed by atoms with E-state index in [-0.39, 0.29) is 0 Å². The van der Waals surface area contributed by atoms with Crippen LogP contribution >= 0.6 is 0 Å². The van der Waals surface area contributed by atoms with E-state index in [0.717, 1.165) is 10.2 Å². The Morgan fingerprint density at radius 2 is 1.39 bits per heavy atom. The zero-order valence-corrected chi connectivity index (χ0v) is 17.5. The maximum Gasteiger partial charge on any atom is 0.480 e. The van der Waals surface area contributed by atoms with Crippen LogP contribution in [0.15, 0.2) is 0 Å². The molecule has 1 aliphatic heterocycles. The highest BCUT2D eigenvalue weighted by Crippen LogP contribution is 2.36. The average Bonchev–Trinajstić information content (AvgIpc) is 2.84. The van der Waals surface area contributed by atoms with Crippen molar-refractivity contribution < 1.29 is 47.7 Å². The number of hydrogen-bond acceptors (Lipinski definition) is 4. The van der Waals surface area contributed by atoms with Crippen molar-refractivity contribution in [1.82, 2.24) is 0 Å². The van der Waals surface area contributed by atoms with E-state index in [4.69, 9.17) is 0 Å². The standard InChI is InChI=1S/C12H26N.C2F6NO4S2/c1-4-6-10-13(3)11-7-9-12(13)8-5-2;3-1(4,5)14(10,11)9-15(12,13)2(6,7)8/h12H,4-11H2,1-3H3;/q+1;-1. The second-order valence-electron chi connectivity index (χ2n) is 6.78. The summed E-state index contributed by atoms with van der Waals surface area (Å²) in [4.78, 5) is 0. The van der Waals surface area contributed by atoms with Crippen LogP contribution in [-0.4, -0.2) is 58.5 Å². The molecule has 0 saturated carbocycles. The second kappa shape index (κ2) is 9.94. The third kappa shape index (κ3) is 7.67. The first-order chi connectivity index (χ1) is 12.4. The highest BCUT2D eigenvalue weighted by molar-refractivity contribution is 8.13. The Labute approximate surface area is 162 Å². The number of rotatable bonds is 7. The minimum absolute atomic E-state index is 0.778. The maximum atomic E-state index is 11.4. The van der Waals surface area contributed by atoms with Crippen molar-refractivity contribution in [3.63, 3.8) is 0 Å². The van der Waals surface area contributed by atoms with Crippen molar-refractivity contribution in [1.29, 1.82) is 0 Å². The van der Waals surface area contributed by atoms with Gasteiger partial charge in [-0.3, -0.25) is 0 Å². The van der Waals surface area contributed by atoms with Gasteiger partial charge in [-0.15, -0.1) is 0 Å². The van der Waals surface area contributed by atoms with Crippen molar-refractivity contribution >= 4 is 20.0 Å². The Morgan fingerprint density at radius 3 is 1.75 bits per heavy atom. The van der Waals surface area contributed by atoms with Gasteiger partial charge in [0.15, 0.2) is 20.0 Å². The van der Waals surface area contributed by atoms with Gasteiger partial charge >= 0.3 is 11.0 Å². The largest absolute Gasteiger partial charge is 0.480 e. The Morgan fingerprint density at radius 1 is 0.929 bits per heavy atom. The quantitative estimate of drug-likeness (QED) is 0.417. The number of sulfonamides is 2. The summed E-state index contributed by atoms with van der Waals surface area (Å²) in [6.07, 6.45) is 8.52. The third-order valence-electron chi connectivity index (χ3n) is 4.51. The molecule has 14 heteroatoms. The molecule has 1 fully saturated rings. The molecule has 2 atom stereocenters. The molecule has 1 aliphatic rings. The van der Waals surface area contributed by atoms with Gasteiger partial charge in [-0.05, 0) is 12.8 Å². The van der Waals surface area contributed by atoms with E-state index in [9.17, 15) is 43.2 Å². The van der Waals surface area contributed by atoms with E-state index in [1.165, 1.54) is 56.1 Å². The van der Waals surface area contributed by atoms with Crippen molar-refractivity contribution in [2.24, 2.45) is 0 Å². The lowest BCUT2D eigenvalue weighted by atomic mass is 10.1. The van der Waals surface area contributed by atoms with Crippen molar-refractivity contribution in [3.8, 4) is 0 Å². The molecule has 0 aromatic carbocycles. The van der Waals surface area contributed by atoms with Gasteiger partial charge < -0.3 is 8.61 Å². The fourth-order valence-electron chi connectivity index (χ4n) is 3.00. The molecule has 1 heterocycles. The Bertz CT molecular complexity index is 650. The zero-order valence-electron chi connectivity index (χ0n) is 15.8. The molecule has 0 amide bonds. The predicted octanol–water partition coefficient (Wildman–Crippen LogP) is 4.25. The van der Waals surface area contributed by atoms with E-state index in [1.54, 1.807) is 0 Å². The molecule has 170 valence electrons. The SMILES string of the molecule is CCCC[N+]1(C)CCCC1CCC.O=S(=O)([N-]S(=O)(=O)C(F)(F)F)C(F)(F)F. The first kappa shape index (κ1) is 27.4. The molecular weight excluding hydrogens is 438 g/mol.